The molecule has 0 aliphatic heterocycles. The Labute approximate surface area is 54.3 Å². The normalized spacial score (nSPS) is 9.56. The van der Waals surface area contributed by atoms with E-state index < -0.39 is 0 Å². The minimum absolute atomic E-state index is 0.620. The zero-order valence-corrected chi connectivity index (χ0v) is 5.51. The van der Waals surface area contributed by atoms with Crippen molar-refractivity contribution < 1.29 is 4.73 Å². The molecular weight excluding hydrogens is 114 g/mol. The molecule has 1 aromatic rings. The first-order valence-electron chi connectivity index (χ1n) is 2.79. The molecule has 1 aromatic heterocycles. The van der Waals surface area contributed by atoms with Crippen LogP contribution in [-0.4, -0.2) is 0 Å². The number of hydrogen-bond donors (Lipinski definition) is 0. The number of nitrogens with zero attached hydrogens (tertiary/aromatic N) is 1. The van der Waals surface area contributed by atoms with Crippen molar-refractivity contribution in [1.82, 2.24) is 0 Å². The summed E-state index contributed by atoms with van der Waals surface area (Å²) in [6.45, 7) is 3.65. The van der Waals surface area contributed by atoms with Gasteiger partial charge in [0.1, 0.15) is 0 Å². The lowest BCUT2D eigenvalue weighted by atomic mass is 10.3. The van der Waals surface area contributed by atoms with Gasteiger partial charge < -0.3 is 5.21 Å². The number of rotatable bonds is 0. The third-order valence-electron chi connectivity index (χ3n) is 1.17. The molecule has 0 amide bonds. The molecule has 2 heteroatoms. The molecule has 0 aliphatic rings. The molecule has 0 bridgehead atoms. The zero-order chi connectivity index (χ0) is 6.85. The molecule has 0 saturated carbocycles. The molecule has 0 unspecified atom stereocenters. The van der Waals surface area contributed by atoms with Gasteiger partial charge in [0, 0.05) is 13.0 Å². The van der Waals surface area contributed by atoms with Gasteiger partial charge in [0.2, 0.25) is 0 Å². The average molecular weight is 122 g/mol. The van der Waals surface area contributed by atoms with Crippen molar-refractivity contribution in [2.45, 2.75) is 13.8 Å². The quantitative estimate of drug-likeness (QED) is 0.368. The highest BCUT2D eigenvalue weighted by atomic mass is 16.5. The summed E-state index contributed by atoms with van der Waals surface area (Å²) in [7, 11) is 0. The van der Waals surface area contributed by atoms with E-state index in [-0.39, 0.29) is 0 Å². The third-order valence-corrected chi connectivity index (χ3v) is 1.17. The summed E-state index contributed by atoms with van der Waals surface area (Å²) in [5.41, 5.74) is 1.62. The van der Waals surface area contributed by atoms with Gasteiger partial charge in [-0.3, -0.25) is 0 Å². The first kappa shape index (κ1) is 6.08. The van der Waals surface area contributed by atoms with E-state index in [2.05, 4.69) is 6.07 Å². The Morgan fingerprint density at radius 1 is 1.56 bits per heavy atom. The number of aryl methyl sites for hydroxylation is 2. The predicted molar refractivity (Wildman–Crippen MR) is 33.7 cm³/mol. The average Bonchev–Trinajstić information content (AvgIpc) is 1.80. The first-order chi connectivity index (χ1) is 4.20. The van der Waals surface area contributed by atoms with Gasteiger partial charge in [-0.25, -0.2) is 0 Å². The van der Waals surface area contributed by atoms with Crippen molar-refractivity contribution in [3.05, 3.63) is 34.8 Å². The van der Waals surface area contributed by atoms with Crippen LogP contribution in [0.25, 0.3) is 0 Å². The fourth-order valence-electron chi connectivity index (χ4n) is 0.673. The topological polar surface area (TPSA) is 26.9 Å². The lowest BCUT2D eigenvalue weighted by Gasteiger charge is -1.97. The van der Waals surface area contributed by atoms with Gasteiger partial charge in [0.25, 0.3) is 0 Å². The molecule has 9 heavy (non-hydrogen) atoms. The maximum Gasteiger partial charge on any atom is 0.198 e. The van der Waals surface area contributed by atoms with Crippen molar-refractivity contribution in [2.24, 2.45) is 0 Å². The van der Waals surface area contributed by atoms with Gasteiger partial charge >= 0.3 is 0 Å². The van der Waals surface area contributed by atoms with Crippen LogP contribution in [0.3, 0.4) is 0 Å². The molecule has 0 saturated heterocycles. The van der Waals surface area contributed by atoms with Gasteiger partial charge in [0.15, 0.2) is 11.9 Å². The number of hydrogen-bond acceptors (Lipinski definition) is 1. The Kier molecular flexibility index (Phi) is 1.39. The second-order valence-electron chi connectivity index (χ2n) is 2.03. The van der Waals surface area contributed by atoms with Crippen molar-refractivity contribution in [2.75, 3.05) is 0 Å². The van der Waals surface area contributed by atoms with Crippen LogP contribution in [0.2, 0.25) is 0 Å². The molecule has 0 aromatic carbocycles. The van der Waals surface area contributed by atoms with Crippen LogP contribution in [0.4, 0.5) is 0 Å². The van der Waals surface area contributed by atoms with Crippen molar-refractivity contribution >= 4 is 0 Å². The van der Waals surface area contributed by atoms with E-state index in [1.54, 1.807) is 13.0 Å². The van der Waals surface area contributed by atoms with Crippen LogP contribution in [-0.2, 0) is 0 Å². The van der Waals surface area contributed by atoms with Crippen LogP contribution in [0.15, 0.2) is 12.3 Å². The van der Waals surface area contributed by atoms with E-state index in [1.807, 2.05) is 6.92 Å². The van der Waals surface area contributed by atoms with Crippen LogP contribution >= 0.6 is 0 Å². The summed E-state index contributed by atoms with van der Waals surface area (Å²) in [5, 5.41) is 10.7. The van der Waals surface area contributed by atoms with Crippen molar-refractivity contribution in [3.8, 4) is 0 Å². The summed E-state index contributed by atoms with van der Waals surface area (Å²) >= 11 is 0. The van der Waals surface area contributed by atoms with Gasteiger partial charge in [0.05, 0.1) is 6.07 Å². The highest BCUT2D eigenvalue weighted by molar-refractivity contribution is 5.06. The van der Waals surface area contributed by atoms with Crippen LogP contribution in [0, 0.1) is 25.1 Å². The Bertz CT molecular complexity index is 220. The predicted octanol–water partition coefficient (Wildman–Crippen LogP) is 0.737. The summed E-state index contributed by atoms with van der Waals surface area (Å²) in [5.74, 6) is 0. The van der Waals surface area contributed by atoms with E-state index in [9.17, 15) is 5.21 Å². The third kappa shape index (κ3) is 1.19. The van der Waals surface area contributed by atoms with Crippen LogP contribution < -0.4 is 4.73 Å². The van der Waals surface area contributed by atoms with E-state index in [0.29, 0.717) is 5.69 Å². The largest absolute Gasteiger partial charge is 0.618 e. The minimum atomic E-state index is 0.620. The van der Waals surface area contributed by atoms with Gasteiger partial charge in [-0.2, -0.15) is 4.73 Å². The van der Waals surface area contributed by atoms with Gasteiger partial charge in [-0.15, -0.1) is 0 Å². The molecule has 0 spiro atoms. The Morgan fingerprint density at radius 2 is 2.22 bits per heavy atom. The fraction of sp³-hybridized carbons (Fsp3) is 0.286. The Hall–Kier alpha value is -1.05. The van der Waals surface area contributed by atoms with E-state index in [1.165, 1.54) is 6.20 Å². The molecule has 1 radical (unpaired) electrons. The maximum absolute atomic E-state index is 10.7. The highest BCUT2D eigenvalue weighted by Gasteiger charge is 1.95. The van der Waals surface area contributed by atoms with Crippen molar-refractivity contribution in [1.29, 1.82) is 0 Å². The minimum Gasteiger partial charge on any atom is -0.618 e. The molecule has 0 atom stereocenters. The number of aromatic nitrogens is 1. The lowest BCUT2D eigenvalue weighted by molar-refractivity contribution is -0.612. The summed E-state index contributed by atoms with van der Waals surface area (Å²) in [6, 6.07) is 4.62. The van der Waals surface area contributed by atoms with E-state index in [4.69, 9.17) is 0 Å². The lowest BCUT2D eigenvalue weighted by Crippen LogP contribution is -2.29. The molecule has 1 rings (SSSR count). The Morgan fingerprint density at radius 3 is 2.67 bits per heavy atom. The summed E-state index contributed by atoms with van der Waals surface area (Å²) in [4.78, 5) is 0. The summed E-state index contributed by atoms with van der Waals surface area (Å²) in [6.07, 6.45) is 1.49. The SMILES string of the molecule is Cc1[c]c(C)[n+]([O-])cc1. The second-order valence-corrected chi connectivity index (χ2v) is 2.03. The smallest absolute Gasteiger partial charge is 0.198 e. The van der Waals surface area contributed by atoms with Crippen LogP contribution in [0.5, 0.6) is 0 Å². The van der Waals surface area contributed by atoms with Crippen molar-refractivity contribution in [3.63, 3.8) is 0 Å². The number of pyridine rings is 1. The highest BCUT2D eigenvalue weighted by Crippen LogP contribution is 1.93. The molecule has 0 fully saturated rings. The standard InChI is InChI=1S/C7H8NO/c1-6-3-4-8(9)7(2)5-6/h3-4H,1-2H3. The molecule has 2 nitrogen and oxygen atoms in total. The fourth-order valence-corrected chi connectivity index (χ4v) is 0.673. The second kappa shape index (κ2) is 2.05. The summed E-state index contributed by atoms with van der Waals surface area (Å²) < 4.78 is 0.799. The first-order valence-corrected chi connectivity index (χ1v) is 2.79. The van der Waals surface area contributed by atoms with E-state index in [0.717, 1.165) is 10.3 Å². The Balaban J connectivity index is 3.17. The van der Waals surface area contributed by atoms with Crippen LogP contribution in [0.1, 0.15) is 11.3 Å². The van der Waals surface area contributed by atoms with Gasteiger partial charge in [-0.05, 0) is 12.5 Å². The molecular formula is C7H8NO. The zero-order valence-electron chi connectivity index (χ0n) is 5.51. The molecule has 1 heterocycles. The monoisotopic (exact) mass is 122 g/mol. The maximum atomic E-state index is 10.7. The van der Waals surface area contributed by atoms with E-state index >= 15 is 0 Å². The van der Waals surface area contributed by atoms with Gasteiger partial charge in [-0.1, -0.05) is 0 Å². The molecule has 0 N–H and O–H groups in total. The molecule has 0 aliphatic carbocycles. The molecule has 47 valence electrons.